The van der Waals surface area contributed by atoms with Gasteiger partial charge in [-0.3, -0.25) is 4.99 Å². The summed E-state index contributed by atoms with van der Waals surface area (Å²) in [5.74, 6) is 3.42. The second kappa shape index (κ2) is 10.4. The lowest BCUT2D eigenvalue weighted by Crippen LogP contribution is -2.48. The highest BCUT2D eigenvalue weighted by molar-refractivity contribution is 14.0. The van der Waals surface area contributed by atoms with E-state index >= 15 is 0 Å². The number of ether oxygens (including phenoxy) is 1. The van der Waals surface area contributed by atoms with Crippen LogP contribution in [0.1, 0.15) is 31.4 Å². The first-order valence-corrected chi connectivity index (χ1v) is 9.32. The number of halogens is 1. The number of fused-ring (bicyclic) bond motifs is 1. The molecule has 2 unspecified atom stereocenters. The SMILES string of the molecule is CCN1CCC(CNC(=NC)NC2CCc3nc(COC)nn3C2)C1.I. The Morgan fingerprint density at radius 3 is 2.88 bits per heavy atom. The van der Waals surface area contributed by atoms with Crippen molar-refractivity contribution in [1.82, 2.24) is 30.3 Å². The number of likely N-dealkylation sites (tertiary alicyclic amines) is 1. The van der Waals surface area contributed by atoms with Crippen LogP contribution in [-0.4, -0.2) is 72.0 Å². The summed E-state index contributed by atoms with van der Waals surface area (Å²) in [7, 11) is 3.51. The number of nitrogens with one attached hydrogen (secondary N) is 2. The molecule has 0 amide bonds. The van der Waals surface area contributed by atoms with Gasteiger partial charge in [-0.15, -0.1) is 24.0 Å². The summed E-state index contributed by atoms with van der Waals surface area (Å²) in [4.78, 5) is 11.4. The average molecular weight is 477 g/mol. The predicted octanol–water partition coefficient (Wildman–Crippen LogP) is 0.864. The van der Waals surface area contributed by atoms with Crippen LogP contribution < -0.4 is 10.6 Å². The molecule has 0 aliphatic carbocycles. The van der Waals surface area contributed by atoms with Crippen molar-refractivity contribution in [3.63, 3.8) is 0 Å². The number of hydrogen-bond acceptors (Lipinski definition) is 5. The molecule has 148 valence electrons. The van der Waals surface area contributed by atoms with Gasteiger partial charge in [-0.05, 0) is 31.8 Å². The Balaban J connectivity index is 0.00000243. The lowest BCUT2D eigenvalue weighted by molar-refractivity contribution is 0.177. The number of hydrogen-bond donors (Lipinski definition) is 2. The molecule has 0 aromatic carbocycles. The molecule has 2 aliphatic rings. The van der Waals surface area contributed by atoms with Crippen molar-refractivity contribution in [2.24, 2.45) is 10.9 Å². The van der Waals surface area contributed by atoms with E-state index in [4.69, 9.17) is 4.74 Å². The molecule has 0 spiro atoms. The van der Waals surface area contributed by atoms with E-state index in [-0.39, 0.29) is 24.0 Å². The maximum atomic E-state index is 5.12. The third-order valence-corrected chi connectivity index (χ3v) is 5.12. The molecule has 1 aromatic heterocycles. The van der Waals surface area contributed by atoms with Crippen molar-refractivity contribution >= 4 is 29.9 Å². The summed E-state index contributed by atoms with van der Waals surface area (Å²) in [6.45, 7) is 8.06. The highest BCUT2D eigenvalue weighted by Gasteiger charge is 2.24. The van der Waals surface area contributed by atoms with Crippen LogP contribution in [0, 0.1) is 5.92 Å². The second-order valence-corrected chi connectivity index (χ2v) is 6.94. The number of nitrogens with zero attached hydrogens (tertiary/aromatic N) is 5. The van der Waals surface area contributed by atoms with E-state index in [1.165, 1.54) is 19.5 Å². The molecule has 0 radical (unpaired) electrons. The van der Waals surface area contributed by atoms with Crippen LogP contribution in [0.25, 0.3) is 0 Å². The molecule has 1 saturated heterocycles. The van der Waals surface area contributed by atoms with Crippen molar-refractivity contribution in [3.8, 4) is 0 Å². The zero-order valence-corrected chi connectivity index (χ0v) is 18.4. The zero-order valence-electron chi connectivity index (χ0n) is 16.1. The summed E-state index contributed by atoms with van der Waals surface area (Å²) >= 11 is 0. The first kappa shape index (κ1) is 21.4. The van der Waals surface area contributed by atoms with E-state index in [0.717, 1.165) is 50.1 Å². The molecule has 1 aromatic rings. The zero-order chi connectivity index (χ0) is 17.6. The molecular formula is C17H32IN7O. The first-order valence-electron chi connectivity index (χ1n) is 9.32. The molecule has 3 heterocycles. The molecule has 9 heteroatoms. The number of methoxy groups -OCH3 is 1. The summed E-state index contributed by atoms with van der Waals surface area (Å²) in [5.41, 5.74) is 0. The standard InChI is InChI=1S/C17H31N7O.HI/c1-4-23-8-7-13(10-23)9-19-17(18-2)20-14-5-6-16-21-15(12-25-3)22-24(16)11-14;/h13-14H,4-12H2,1-3H3,(H2,18,19,20);1H. The fraction of sp³-hybridized carbons (Fsp3) is 0.824. The summed E-state index contributed by atoms with van der Waals surface area (Å²) < 4.78 is 7.12. The van der Waals surface area contributed by atoms with Crippen LogP contribution in [0.2, 0.25) is 0 Å². The number of rotatable bonds is 6. The minimum atomic E-state index is 0. The predicted molar refractivity (Wildman–Crippen MR) is 113 cm³/mol. The van der Waals surface area contributed by atoms with E-state index in [0.29, 0.717) is 18.6 Å². The molecule has 8 nitrogen and oxygen atoms in total. The molecule has 2 atom stereocenters. The minimum Gasteiger partial charge on any atom is -0.377 e. The normalized spacial score (nSPS) is 23.4. The van der Waals surface area contributed by atoms with Gasteiger partial charge < -0.3 is 20.3 Å². The lowest BCUT2D eigenvalue weighted by atomic mass is 10.1. The quantitative estimate of drug-likeness (QED) is 0.360. The first-order chi connectivity index (χ1) is 12.2. The van der Waals surface area contributed by atoms with Gasteiger partial charge in [-0.2, -0.15) is 5.10 Å². The third-order valence-electron chi connectivity index (χ3n) is 5.12. The summed E-state index contributed by atoms with van der Waals surface area (Å²) in [5, 5.41) is 11.6. The lowest BCUT2D eigenvalue weighted by Gasteiger charge is -2.26. The van der Waals surface area contributed by atoms with Gasteiger partial charge in [-0.25, -0.2) is 9.67 Å². The molecule has 2 N–H and O–H groups in total. The Bertz CT molecular complexity index is 592. The van der Waals surface area contributed by atoms with Crippen molar-refractivity contribution in [1.29, 1.82) is 0 Å². The largest absolute Gasteiger partial charge is 0.377 e. The molecule has 3 rings (SSSR count). The Hall–Kier alpha value is -0.940. The minimum absolute atomic E-state index is 0. The summed E-state index contributed by atoms with van der Waals surface area (Å²) in [6.07, 6.45) is 3.24. The van der Waals surface area contributed by atoms with Crippen LogP contribution in [0.4, 0.5) is 0 Å². The number of aromatic nitrogens is 3. The molecule has 0 bridgehead atoms. The Morgan fingerprint density at radius 1 is 1.35 bits per heavy atom. The van der Waals surface area contributed by atoms with Crippen LogP contribution in [0.5, 0.6) is 0 Å². The van der Waals surface area contributed by atoms with E-state index in [1.807, 2.05) is 11.7 Å². The summed E-state index contributed by atoms with van der Waals surface area (Å²) in [6, 6.07) is 0.325. The second-order valence-electron chi connectivity index (χ2n) is 6.94. The Kier molecular flexibility index (Phi) is 8.55. The fourth-order valence-electron chi connectivity index (χ4n) is 3.66. The van der Waals surface area contributed by atoms with Gasteiger partial charge in [-0.1, -0.05) is 6.92 Å². The van der Waals surface area contributed by atoms with Gasteiger partial charge in [0.05, 0.1) is 6.54 Å². The monoisotopic (exact) mass is 477 g/mol. The number of aliphatic imine (C=N–C) groups is 1. The van der Waals surface area contributed by atoms with E-state index in [1.54, 1.807) is 7.11 Å². The number of guanidine groups is 1. The van der Waals surface area contributed by atoms with Crippen molar-refractivity contribution in [3.05, 3.63) is 11.6 Å². The van der Waals surface area contributed by atoms with Gasteiger partial charge >= 0.3 is 0 Å². The highest BCUT2D eigenvalue weighted by atomic mass is 127. The van der Waals surface area contributed by atoms with Gasteiger partial charge in [0.2, 0.25) is 0 Å². The Labute approximate surface area is 173 Å². The van der Waals surface area contributed by atoms with Crippen molar-refractivity contribution < 1.29 is 4.74 Å². The van der Waals surface area contributed by atoms with Gasteiger partial charge in [0.25, 0.3) is 0 Å². The smallest absolute Gasteiger partial charge is 0.191 e. The van der Waals surface area contributed by atoms with Crippen molar-refractivity contribution in [2.45, 2.75) is 45.4 Å². The topological polar surface area (TPSA) is 79.6 Å². The van der Waals surface area contributed by atoms with Gasteiger partial charge in [0.1, 0.15) is 12.4 Å². The van der Waals surface area contributed by atoms with Gasteiger partial charge in [0.15, 0.2) is 11.8 Å². The van der Waals surface area contributed by atoms with Crippen LogP contribution in [0.3, 0.4) is 0 Å². The van der Waals surface area contributed by atoms with Crippen molar-refractivity contribution in [2.75, 3.05) is 40.3 Å². The molecule has 0 saturated carbocycles. The third kappa shape index (κ3) is 5.53. The van der Waals surface area contributed by atoms with E-state index < -0.39 is 0 Å². The van der Waals surface area contributed by atoms with Crippen LogP contribution in [-0.2, 0) is 24.3 Å². The maximum Gasteiger partial charge on any atom is 0.191 e. The van der Waals surface area contributed by atoms with Crippen LogP contribution in [0.15, 0.2) is 4.99 Å². The van der Waals surface area contributed by atoms with E-state index in [9.17, 15) is 0 Å². The molecular weight excluding hydrogens is 445 g/mol. The molecule has 2 aliphatic heterocycles. The molecule has 1 fully saturated rings. The van der Waals surface area contributed by atoms with Gasteiger partial charge in [0, 0.05) is 39.7 Å². The average Bonchev–Trinajstić information content (AvgIpc) is 3.24. The van der Waals surface area contributed by atoms with Crippen LogP contribution >= 0.6 is 24.0 Å². The fourth-order valence-corrected chi connectivity index (χ4v) is 3.66. The number of aryl methyl sites for hydroxylation is 1. The van der Waals surface area contributed by atoms with E-state index in [2.05, 4.69) is 37.5 Å². The molecule has 26 heavy (non-hydrogen) atoms. The maximum absolute atomic E-state index is 5.12. The highest BCUT2D eigenvalue weighted by Crippen LogP contribution is 2.15. The Morgan fingerprint density at radius 2 is 2.19 bits per heavy atom.